The molecule has 1 rings (SSSR count). The Hall–Kier alpha value is -1.56. The number of carbonyl (C=O) groups is 2. The first-order valence-electron chi connectivity index (χ1n) is 6.39. The third-order valence-electron chi connectivity index (χ3n) is 2.66. The molecule has 0 saturated heterocycles. The van der Waals surface area contributed by atoms with Gasteiger partial charge in [-0.2, -0.15) is 0 Å². The van der Waals surface area contributed by atoms with Crippen molar-refractivity contribution in [2.45, 2.75) is 32.7 Å². The van der Waals surface area contributed by atoms with E-state index in [1.807, 2.05) is 13.8 Å². The first-order chi connectivity index (χ1) is 9.43. The van der Waals surface area contributed by atoms with Gasteiger partial charge in [-0.3, -0.25) is 4.79 Å². The van der Waals surface area contributed by atoms with Crippen LogP contribution in [0.15, 0.2) is 22.7 Å². The quantitative estimate of drug-likeness (QED) is 0.798. The van der Waals surface area contributed by atoms with Crippen molar-refractivity contribution in [3.8, 4) is 5.75 Å². The zero-order valence-corrected chi connectivity index (χ0v) is 13.1. The number of benzene rings is 1. The Bertz CT molecular complexity index is 490. The molecule has 1 amide bonds. The van der Waals surface area contributed by atoms with Crippen LogP contribution in [-0.2, 0) is 4.79 Å². The summed E-state index contributed by atoms with van der Waals surface area (Å²) in [6.45, 7) is 3.76. The Morgan fingerprint density at radius 3 is 2.75 bits per heavy atom. The summed E-state index contributed by atoms with van der Waals surface area (Å²) in [6, 6.07) is 4.66. The standard InChI is InChI=1S/C14H18BrNO4/c1-3-4-9(2)16-13(17)8-20-12-7-10(15)5-6-11(12)14(18)19/h5-7,9H,3-4,8H2,1-2H3,(H,16,17)(H,18,19). The number of hydrogen-bond donors (Lipinski definition) is 2. The molecule has 0 aliphatic heterocycles. The van der Waals surface area contributed by atoms with Gasteiger partial charge in [-0.05, 0) is 31.5 Å². The highest BCUT2D eigenvalue weighted by molar-refractivity contribution is 9.10. The minimum Gasteiger partial charge on any atom is -0.483 e. The molecule has 110 valence electrons. The summed E-state index contributed by atoms with van der Waals surface area (Å²) < 4.78 is 5.99. The summed E-state index contributed by atoms with van der Waals surface area (Å²) >= 11 is 3.24. The van der Waals surface area contributed by atoms with Crippen molar-refractivity contribution in [1.29, 1.82) is 0 Å². The number of carboxylic acids is 1. The Kier molecular flexibility index (Phi) is 6.51. The van der Waals surface area contributed by atoms with E-state index in [1.165, 1.54) is 12.1 Å². The fourth-order valence-corrected chi connectivity index (χ4v) is 2.10. The van der Waals surface area contributed by atoms with Crippen molar-refractivity contribution in [3.63, 3.8) is 0 Å². The van der Waals surface area contributed by atoms with Crippen LogP contribution in [-0.4, -0.2) is 29.6 Å². The maximum atomic E-state index is 11.7. The molecule has 1 aromatic carbocycles. The van der Waals surface area contributed by atoms with Gasteiger partial charge in [0.05, 0.1) is 0 Å². The number of amides is 1. The first kappa shape index (κ1) is 16.5. The highest BCUT2D eigenvalue weighted by Crippen LogP contribution is 2.23. The van der Waals surface area contributed by atoms with Gasteiger partial charge in [-0.15, -0.1) is 0 Å². The number of hydrogen-bond acceptors (Lipinski definition) is 3. The van der Waals surface area contributed by atoms with Crippen molar-refractivity contribution >= 4 is 27.8 Å². The maximum absolute atomic E-state index is 11.7. The molecule has 0 fully saturated rings. The molecule has 1 unspecified atom stereocenters. The molecule has 0 aliphatic carbocycles. The fraction of sp³-hybridized carbons (Fsp3) is 0.429. The monoisotopic (exact) mass is 343 g/mol. The largest absolute Gasteiger partial charge is 0.483 e. The number of carboxylic acid groups (broad SMARTS) is 1. The Labute approximate surface area is 126 Å². The van der Waals surface area contributed by atoms with E-state index in [0.717, 1.165) is 12.8 Å². The minimum absolute atomic E-state index is 0.0302. The molecule has 0 saturated carbocycles. The van der Waals surface area contributed by atoms with Gasteiger partial charge in [-0.1, -0.05) is 29.3 Å². The second-order valence-electron chi connectivity index (χ2n) is 4.49. The number of aromatic carboxylic acids is 1. The van der Waals surface area contributed by atoms with Crippen molar-refractivity contribution in [1.82, 2.24) is 5.32 Å². The number of ether oxygens (including phenoxy) is 1. The van der Waals surface area contributed by atoms with Crippen molar-refractivity contribution < 1.29 is 19.4 Å². The van der Waals surface area contributed by atoms with Crippen LogP contribution in [0.5, 0.6) is 5.75 Å². The molecular formula is C14H18BrNO4. The summed E-state index contributed by atoms with van der Waals surface area (Å²) in [5.41, 5.74) is 0.0302. The van der Waals surface area contributed by atoms with Gasteiger partial charge >= 0.3 is 5.97 Å². The number of rotatable bonds is 7. The summed E-state index contributed by atoms with van der Waals surface area (Å²) in [6.07, 6.45) is 1.88. The molecule has 2 N–H and O–H groups in total. The van der Waals surface area contributed by atoms with E-state index >= 15 is 0 Å². The van der Waals surface area contributed by atoms with Gasteiger partial charge in [-0.25, -0.2) is 4.79 Å². The van der Waals surface area contributed by atoms with Crippen molar-refractivity contribution in [2.75, 3.05) is 6.61 Å². The molecular weight excluding hydrogens is 326 g/mol. The average Bonchev–Trinajstić information content (AvgIpc) is 2.36. The van der Waals surface area contributed by atoms with Crippen LogP contribution >= 0.6 is 15.9 Å². The van der Waals surface area contributed by atoms with Crippen LogP contribution in [0.3, 0.4) is 0 Å². The molecule has 5 nitrogen and oxygen atoms in total. The Morgan fingerprint density at radius 2 is 2.15 bits per heavy atom. The van der Waals surface area contributed by atoms with Gasteiger partial charge < -0.3 is 15.2 Å². The van der Waals surface area contributed by atoms with Crippen LogP contribution in [0.25, 0.3) is 0 Å². The normalized spacial score (nSPS) is 11.8. The van der Waals surface area contributed by atoms with Crippen LogP contribution < -0.4 is 10.1 Å². The lowest BCUT2D eigenvalue weighted by molar-refractivity contribution is -0.123. The van der Waals surface area contributed by atoms with Gasteiger partial charge in [0.25, 0.3) is 5.91 Å². The summed E-state index contributed by atoms with van der Waals surface area (Å²) in [7, 11) is 0. The van der Waals surface area contributed by atoms with E-state index in [2.05, 4.69) is 21.2 Å². The van der Waals surface area contributed by atoms with Crippen LogP contribution in [0.4, 0.5) is 0 Å². The van der Waals surface area contributed by atoms with E-state index < -0.39 is 5.97 Å². The van der Waals surface area contributed by atoms with Gasteiger partial charge in [0.1, 0.15) is 11.3 Å². The van der Waals surface area contributed by atoms with Crippen molar-refractivity contribution in [2.24, 2.45) is 0 Å². The summed E-state index contributed by atoms with van der Waals surface area (Å²) in [5.74, 6) is -1.18. The van der Waals surface area contributed by atoms with E-state index in [1.54, 1.807) is 6.07 Å². The molecule has 1 atom stereocenters. The number of carbonyl (C=O) groups excluding carboxylic acids is 1. The first-order valence-corrected chi connectivity index (χ1v) is 7.18. The smallest absolute Gasteiger partial charge is 0.339 e. The van der Waals surface area contributed by atoms with E-state index in [-0.39, 0.29) is 29.9 Å². The van der Waals surface area contributed by atoms with Crippen LogP contribution in [0.2, 0.25) is 0 Å². The topological polar surface area (TPSA) is 75.6 Å². The molecule has 0 bridgehead atoms. The number of halogens is 1. The predicted octanol–water partition coefficient (Wildman–Crippen LogP) is 2.83. The van der Waals surface area contributed by atoms with Crippen molar-refractivity contribution in [3.05, 3.63) is 28.2 Å². The molecule has 0 aromatic heterocycles. The second-order valence-corrected chi connectivity index (χ2v) is 5.41. The minimum atomic E-state index is -1.09. The van der Waals surface area contributed by atoms with E-state index in [4.69, 9.17) is 9.84 Å². The highest BCUT2D eigenvalue weighted by atomic mass is 79.9. The predicted molar refractivity (Wildman–Crippen MR) is 79.1 cm³/mol. The highest BCUT2D eigenvalue weighted by Gasteiger charge is 2.14. The van der Waals surface area contributed by atoms with E-state index in [9.17, 15) is 9.59 Å². The lowest BCUT2D eigenvalue weighted by Crippen LogP contribution is -2.36. The number of nitrogens with one attached hydrogen (secondary N) is 1. The molecule has 0 heterocycles. The Morgan fingerprint density at radius 1 is 1.45 bits per heavy atom. The maximum Gasteiger partial charge on any atom is 0.339 e. The summed E-state index contributed by atoms with van der Waals surface area (Å²) in [4.78, 5) is 22.7. The molecule has 6 heteroatoms. The molecule has 0 aliphatic rings. The lowest BCUT2D eigenvalue weighted by Gasteiger charge is -2.14. The zero-order valence-electron chi connectivity index (χ0n) is 11.5. The zero-order chi connectivity index (χ0) is 15.1. The molecule has 20 heavy (non-hydrogen) atoms. The SMILES string of the molecule is CCCC(C)NC(=O)COc1cc(Br)ccc1C(=O)O. The fourth-order valence-electron chi connectivity index (χ4n) is 1.76. The third-order valence-corrected chi connectivity index (χ3v) is 3.16. The van der Waals surface area contributed by atoms with Gasteiger partial charge in [0.2, 0.25) is 0 Å². The van der Waals surface area contributed by atoms with Gasteiger partial charge in [0.15, 0.2) is 6.61 Å². The lowest BCUT2D eigenvalue weighted by atomic mass is 10.2. The third kappa shape index (κ3) is 5.21. The molecule has 1 aromatic rings. The van der Waals surface area contributed by atoms with Crippen LogP contribution in [0.1, 0.15) is 37.0 Å². The Balaban J connectivity index is 2.63. The van der Waals surface area contributed by atoms with Gasteiger partial charge in [0, 0.05) is 10.5 Å². The van der Waals surface area contributed by atoms with Crippen LogP contribution in [0, 0.1) is 0 Å². The average molecular weight is 344 g/mol. The van der Waals surface area contributed by atoms with E-state index in [0.29, 0.717) is 4.47 Å². The molecule has 0 radical (unpaired) electrons. The summed E-state index contributed by atoms with van der Waals surface area (Å²) in [5, 5.41) is 11.8. The second kappa shape index (κ2) is 7.89. The molecule has 0 spiro atoms.